The third-order valence-corrected chi connectivity index (χ3v) is 5.54. The van der Waals surface area contributed by atoms with Crippen molar-refractivity contribution < 1.29 is 28.7 Å². The topological polar surface area (TPSA) is 126 Å². The minimum absolute atomic E-state index is 0.0920. The summed E-state index contributed by atoms with van der Waals surface area (Å²) in [5.41, 5.74) is 1.51. The van der Waals surface area contributed by atoms with Crippen molar-refractivity contribution in [1.29, 1.82) is 0 Å². The average molecular weight is 469 g/mol. The fourth-order valence-corrected chi connectivity index (χ4v) is 3.56. The number of esters is 1. The Morgan fingerprint density at radius 3 is 2.26 bits per heavy atom. The zero-order valence-corrected chi connectivity index (χ0v) is 19.1. The van der Waals surface area contributed by atoms with Gasteiger partial charge in [0.05, 0.1) is 19.9 Å². The van der Waals surface area contributed by atoms with Crippen LogP contribution in [-0.2, 0) is 14.3 Å². The standard InChI is InChI=1S/C24H28N4O6/c1-33-20-6-4-3-5-19(20)27-23(31)17-11-13-28(14-12-17)24(32)26-18-9-7-16(8-10-18)22(30)25-15-21(29)34-2/h3-10,17H,11-15H2,1-2H3,(H,25,30)(H,26,32)(H,27,31). The number of para-hydroxylation sites is 2. The van der Waals surface area contributed by atoms with Crippen LogP contribution >= 0.6 is 0 Å². The molecule has 3 rings (SSSR count). The molecule has 0 radical (unpaired) electrons. The molecule has 2 aromatic rings. The Labute approximate surface area is 197 Å². The van der Waals surface area contributed by atoms with Gasteiger partial charge in [0, 0.05) is 30.3 Å². The van der Waals surface area contributed by atoms with E-state index in [1.54, 1.807) is 48.4 Å². The summed E-state index contributed by atoms with van der Waals surface area (Å²) >= 11 is 0. The highest BCUT2D eigenvalue weighted by molar-refractivity contribution is 5.97. The number of benzene rings is 2. The molecule has 0 bridgehead atoms. The van der Waals surface area contributed by atoms with Gasteiger partial charge in [-0.1, -0.05) is 12.1 Å². The second-order valence-electron chi connectivity index (χ2n) is 7.72. The van der Waals surface area contributed by atoms with Gasteiger partial charge in [0.1, 0.15) is 12.3 Å². The second kappa shape index (κ2) is 11.7. The number of methoxy groups -OCH3 is 2. The van der Waals surface area contributed by atoms with Crippen molar-refractivity contribution >= 4 is 35.2 Å². The summed E-state index contributed by atoms with van der Waals surface area (Å²) in [5, 5.41) is 8.15. The van der Waals surface area contributed by atoms with Crippen molar-refractivity contribution in [2.45, 2.75) is 12.8 Å². The summed E-state index contributed by atoms with van der Waals surface area (Å²) in [6, 6.07) is 13.3. The van der Waals surface area contributed by atoms with Crippen LogP contribution in [0.1, 0.15) is 23.2 Å². The first-order chi connectivity index (χ1) is 16.4. The summed E-state index contributed by atoms with van der Waals surface area (Å²) in [4.78, 5) is 50.1. The van der Waals surface area contributed by atoms with Crippen molar-refractivity contribution in [3.05, 3.63) is 54.1 Å². The molecular weight excluding hydrogens is 440 g/mol. The molecule has 1 aliphatic heterocycles. The quantitative estimate of drug-likeness (QED) is 0.536. The van der Waals surface area contributed by atoms with Crippen LogP contribution in [-0.4, -0.2) is 62.6 Å². The smallest absolute Gasteiger partial charge is 0.325 e. The van der Waals surface area contributed by atoms with E-state index in [1.807, 2.05) is 12.1 Å². The molecule has 0 unspecified atom stereocenters. The normalized spacial score (nSPS) is 13.5. The number of anilines is 2. The largest absolute Gasteiger partial charge is 0.495 e. The summed E-state index contributed by atoms with van der Waals surface area (Å²) in [5.74, 6) is -0.656. The number of hydrogen-bond donors (Lipinski definition) is 3. The molecule has 1 fully saturated rings. The van der Waals surface area contributed by atoms with E-state index in [-0.39, 0.29) is 24.4 Å². The maximum Gasteiger partial charge on any atom is 0.325 e. The van der Waals surface area contributed by atoms with Crippen molar-refractivity contribution in [1.82, 2.24) is 10.2 Å². The molecule has 0 aromatic heterocycles. The second-order valence-corrected chi connectivity index (χ2v) is 7.72. The Kier molecular flexibility index (Phi) is 8.44. The van der Waals surface area contributed by atoms with Gasteiger partial charge in [-0.25, -0.2) is 4.79 Å². The summed E-state index contributed by atoms with van der Waals surface area (Å²) < 4.78 is 9.75. The van der Waals surface area contributed by atoms with E-state index < -0.39 is 11.9 Å². The van der Waals surface area contributed by atoms with E-state index in [2.05, 4.69) is 20.7 Å². The zero-order chi connectivity index (χ0) is 24.5. The molecule has 1 heterocycles. The van der Waals surface area contributed by atoms with Gasteiger partial charge in [-0.05, 0) is 49.2 Å². The first-order valence-corrected chi connectivity index (χ1v) is 10.9. The monoisotopic (exact) mass is 468 g/mol. The van der Waals surface area contributed by atoms with E-state index in [0.29, 0.717) is 48.6 Å². The number of nitrogens with one attached hydrogen (secondary N) is 3. The number of hydrogen-bond acceptors (Lipinski definition) is 6. The number of ether oxygens (including phenoxy) is 2. The lowest BCUT2D eigenvalue weighted by molar-refractivity contribution is -0.139. The van der Waals surface area contributed by atoms with Crippen LogP contribution in [0, 0.1) is 5.92 Å². The van der Waals surface area contributed by atoms with E-state index in [1.165, 1.54) is 7.11 Å². The van der Waals surface area contributed by atoms with Gasteiger partial charge in [-0.2, -0.15) is 0 Å². The number of nitrogens with zero attached hydrogens (tertiary/aromatic N) is 1. The summed E-state index contributed by atoms with van der Waals surface area (Å²) in [7, 11) is 2.79. The summed E-state index contributed by atoms with van der Waals surface area (Å²) in [6.07, 6.45) is 1.10. The number of urea groups is 1. The maximum absolute atomic E-state index is 12.6. The Hall–Kier alpha value is -4.08. The molecule has 3 N–H and O–H groups in total. The van der Waals surface area contributed by atoms with Gasteiger partial charge in [-0.15, -0.1) is 0 Å². The molecule has 1 aliphatic rings. The number of rotatable bonds is 7. The van der Waals surface area contributed by atoms with Crippen LogP contribution < -0.4 is 20.7 Å². The maximum atomic E-state index is 12.6. The van der Waals surface area contributed by atoms with E-state index >= 15 is 0 Å². The minimum atomic E-state index is -0.543. The van der Waals surface area contributed by atoms with Gasteiger partial charge in [0.2, 0.25) is 5.91 Å². The third-order valence-electron chi connectivity index (χ3n) is 5.54. The molecule has 10 nitrogen and oxygen atoms in total. The Morgan fingerprint density at radius 2 is 1.62 bits per heavy atom. The Morgan fingerprint density at radius 1 is 0.941 bits per heavy atom. The number of carbonyl (C=O) groups is 4. The van der Waals surface area contributed by atoms with Crippen molar-refractivity contribution in [2.24, 2.45) is 5.92 Å². The number of amides is 4. The van der Waals surface area contributed by atoms with Crippen molar-refractivity contribution in [3.63, 3.8) is 0 Å². The van der Waals surface area contributed by atoms with Crippen LogP contribution in [0.2, 0.25) is 0 Å². The van der Waals surface area contributed by atoms with Gasteiger partial charge < -0.3 is 30.3 Å². The molecule has 0 saturated carbocycles. The highest BCUT2D eigenvalue weighted by Gasteiger charge is 2.28. The van der Waals surface area contributed by atoms with E-state index in [4.69, 9.17) is 4.74 Å². The first-order valence-electron chi connectivity index (χ1n) is 10.9. The van der Waals surface area contributed by atoms with Crippen LogP contribution in [0.25, 0.3) is 0 Å². The Balaban J connectivity index is 1.46. The van der Waals surface area contributed by atoms with Crippen LogP contribution in [0.5, 0.6) is 5.75 Å². The van der Waals surface area contributed by atoms with Crippen molar-refractivity contribution in [2.75, 3.05) is 44.5 Å². The van der Waals surface area contributed by atoms with Gasteiger partial charge >= 0.3 is 12.0 Å². The molecule has 10 heteroatoms. The number of likely N-dealkylation sites (tertiary alicyclic amines) is 1. The SMILES string of the molecule is COC(=O)CNC(=O)c1ccc(NC(=O)N2CCC(C(=O)Nc3ccccc3OC)CC2)cc1. The predicted octanol–water partition coefficient (Wildman–Crippen LogP) is 2.48. The summed E-state index contributed by atoms with van der Waals surface area (Å²) in [6.45, 7) is 0.675. The fourth-order valence-electron chi connectivity index (χ4n) is 3.56. The molecule has 2 aromatic carbocycles. The van der Waals surface area contributed by atoms with Crippen LogP contribution in [0.15, 0.2) is 48.5 Å². The molecular formula is C24H28N4O6. The molecule has 34 heavy (non-hydrogen) atoms. The van der Waals surface area contributed by atoms with Crippen LogP contribution in [0.3, 0.4) is 0 Å². The van der Waals surface area contributed by atoms with Gasteiger partial charge in [0.15, 0.2) is 0 Å². The molecule has 0 atom stereocenters. The molecule has 180 valence electrons. The van der Waals surface area contributed by atoms with Gasteiger partial charge in [0.25, 0.3) is 5.91 Å². The molecule has 1 saturated heterocycles. The Bertz CT molecular complexity index is 1030. The first kappa shape index (κ1) is 24.6. The van der Waals surface area contributed by atoms with Crippen molar-refractivity contribution in [3.8, 4) is 5.75 Å². The highest BCUT2D eigenvalue weighted by atomic mass is 16.5. The molecule has 0 spiro atoms. The average Bonchev–Trinajstić information content (AvgIpc) is 2.87. The zero-order valence-electron chi connectivity index (χ0n) is 19.1. The molecule has 4 amide bonds. The molecule has 0 aliphatic carbocycles. The highest BCUT2D eigenvalue weighted by Crippen LogP contribution is 2.26. The van der Waals surface area contributed by atoms with Gasteiger partial charge in [-0.3, -0.25) is 14.4 Å². The number of carbonyl (C=O) groups excluding carboxylic acids is 4. The predicted molar refractivity (Wildman–Crippen MR) is 126 cm³/mol. The fraction of sp³-hybridized carbons (Fsp3) is 0.333. The van der Waals surface area contributed by atoms with Crippen LogP contribution in [0.4, 0.5) is 16.2 Å². The van der Waals surface area contributed by atoms with E-state index in [0.717, 1.165) is 0 Å². The minimum Gasteiger partial charge on any atom is -0.495 e. The third kappa shape index (κ3) is 6.47. The van der Waals surface area contributed by atoms with E-state index in [9.17, 15) is 19.2 Å². The lowest BCUT2D eigenvalue weighted by Crippen LogP contribution is -2.43. The lowest BCUT2D eigenvalue weighted by atomic mass is 9.96. The number of piperidine rings is 1. The lowest BCUT2D eigenvalue weighted by Gasteiger charge is -2.31.